The Kier molecular flexibility index (Phi) is 5.57. The van der Waals surface area contributed by atoms with Crippen molar-refractivity contribution < 1.29 is 25.2 Å². The quantitative estimate of drug-likeness (QED) is 0.591. The lowest BCUT2D eigenvalue weighted by atomic mass is 10.6. The molecule has 0 atom stereocenters. The summed E-state index contributed by atoms with van der Waals surface area (Å²) in [6, 6.07) is 0. The summed E-state index contributed by atoms with van der Waals surface area (Å²) in [6.45, 7) is 3.09. The Bertz CT molecular complexity index is 305. The third-order valence-corrected chi connectivity index (χ3v) is 3.66. The Morgan fingerprint density at radius 2 is 1.50 bits per heavy atom. The zero-order valence-corrected chi connectivity index (χ0v) is 9.73. The molecule has 0 aliphatic rings. The summed E-state index contributed by atoms with van der Waals surface area (Å²) in [5.41, 5.74) is 0. The van der Waals surface area contributed by atoms with Gasteiger partial charge in [-0.25, -0.2) is 0 Å². The molecule has 0 aliphatic carbocycles. The summed E-state index contributed by atoms with van der Waals surface area (Å²) in [6.07, 6.45) is 0.372. The molecule has 0 aromatic heterocycles. The van der Waals surface area contributed by atoms with E-state index in [1.807, 2.05) is 0 Å². The van der Waals surface area contributed by atoms with Gasteiger partial charge in [0, 0.05) is 0 Å². The molecule has 0 N–H and O–H groups in total. The van der Waals surface area contributed by atoms with Crippen molar-refractivity contribution in [2.45, 2.75) is 20.3 Å². The van der Waals surface area contributed by atoms with Gasteiger partial charge >= 0.3 is 0 Å². The molecule has 0 saturated carbocycles. The van der Waals surface area contributed by atoms with Crippen LogP contribution in [0.15, 0.2) is 0 Å². The molecule has 0 amide bonds. The van der Waals surface area contributed by atoms with Crippen LogP contribution in [0.25, 0.3) is 0 Å². The van der Waals surface area contributed by atoms with E-state index in [1.165, 1.54) is 6.92 Å². The Labute approximate surface area is 84.5 Å². The Morgan fingerprint density at radius 1 is 0.929 bits per heavy atom. The molecule has 86 valence electrons. The van der Waals surface area contributed by atoms with Gasteiger partial charge in [0.05, 0.1) is 12.4 Å². The van der Waals surface area contributed by atoms with Crippen molar-refractivity contribution in [3.63, 3.8) is 0 Å². The van der Waals surface area contributed by atoms with Gasteiger partial charge in [0.15, 0.2) is 5.94 Å². The maximum absolute atomic E-state index is 10.9. The molecule has 0 heterocycles. The third-order valence-electron chi connectivity index (χ3n) is 1.12. The maximum Gasteiger partial charge on any atom is 0.293 e. The first kappa shape index (κ1) is 13.8. The van der Waals surface area contributed by atoms with E-state index in [0.717, 1.165) is 0 Å². The molecule has 0 unspecified atom stereocenters. The Morgan fingerprint density at radius 3 is 1.93 bits per heavy atom. The largest absolute Gasteiger partial charge is 0.293 e. The summed E-state index contributed by atoms with van der Waals surface area (Å²) in [4.78, 5) is 0. The van der Waals surface area contributed by atoms with Gasteiger partial charge in [0.25, 0.3) is 20.2 Å². The summed E-state index contributed by atoms with van der Waals surface area (Å²) in [7, 11) is -7.63. The molecular formula is C6H14O6S2. The fraction of sp³-hybridized carbons (Fsp3) is 1.00. The predicted octanol–water partition coefficient (Wildman–Crippen LogP) is 0.0666. The normalized spacial score (nSPS) is 13.0. The highest BCUT2D eigenvalue weighted by atomic mass is 32.2. The van der Waals surface area contributed by atoms with Gasteiger partial charge < -0.3 is 0 Å². The van der Waals surface area contributed by atoms with Crippen molar-refractivity contribution in [1.29, 1.82) is 0 Å². The van der Waals surface area contributed by atoms with Crippen LogP contribution >= 0.6 is 0 Å². The highest BCUT2D eigenvalue weighted by Gasteiger charge is 2.17. The molecule has 0 aromatic carbocycles. The van der Waals surface area contributed by atoms with Crippen LogP contribution in [0, 0.1) is 0 Å². The van der Waals surface area contributed by atoms with E-state index in [9.17, 15) is 16.8 Å². The molecule has 0 spiro atoms. The lowest BCUT2D eigenvalue weighted by Crippen LogP contribution is -2.18. The lowest BCUT2D eigenvalue weighted by Gasteiger charge is -2.04. The van der Waals surface area contributed by atoms with E-state index in [4.69, 9.17) is 0 Å². The van der Waals surface area contributed by atoms with E-state index >= 15 is 0 Å². The van der Waals surface area contributed by atoms with Gasteiger partial charge in [-0.3, -0.25) is 8.37 Å². The number of hydrogen-bond acceptors (Lipinski definition) is 6. The van der Waals surface area contributed by atoms with E-state index < -0.39 is 26.2 Å². The number of rotatable bonds is 7. The van der Waals surface area contributed by atoms with E-state index in [1.54, 1.807) is 6.92 Å². The van der Waals surface area contributed by atoms with Crippen molar-refractivity contribution in [2.24, 2.45) is 0 Å². The van der Waals surface area contributed by atoms with Gasteiger partial charge in [-0.2, -0.15) is 16.8 Å². The van der Waals surface area contributed by atoms with Crippen LogP contribution < -0.4 is 0 Å². The van der Waals surface area contributed by atoms with Crippen LogP contribution in [-0.2, 0) is 28.6 Å². The molecule has 14 heavy (non-hydrogen) atoms. The molecule has 8 heteroatoms. The molecule has 0 radical (unpaired) electrons. The van der Waals surface area contributed by atoms with Crippen molar-refractivity contribution in [3.05, 3.63) is 0 Å². The van der Waals surface area contributed by atoms with Crippen LogP contribution in [0.3, 0.4) is 0 Å². The Balaban J connectivity index is 4.19. The smallest absolute Gasteiger partial charge is 0.269 e. The maximum atomic E-state index is 10.9. The van der Waals surface area contributed by atoms with Gasteiger partial charge in [0.2, 0.25) is 0 Å². The standard InChI is InChI=1S/C6H14O6S2/c1-3-5-13(7,8)12-6-14(9,10)11-4-2/h3-6H2,1-2H3. The Hall–Kier alpha value is -0.180. The van der Waals surface area contributed by atoms with E-state index in [-0.39, 0.29) is 12.4 Å². The monoisotopic (exact) mass is 246 g/mol. The summed E-state index contributed by atoms with van der Waals surface area (Å²) < 4.78 is 52.2. The molecule has 0 rings (SSSR count). The molecule has 0 aromatic rings. The van der Waals surface area contributed by atoms with Crippen molar-refractivity contribution in [1.82, 2.24) is 0 Å². The van der Waals surface area contributed by atoms with Gasteiger partial charge in [-0.1, -0.05) is 6.92 Å². The van der Waals surface area contributed by atoms with E-state index in [0.29, 0.717) is 6.42 Å². The minimum atomic E-state index is -3.88. The highest BCUT2D eigenvalue weighted by molar-refractivity contribution is 7.89. The zero-order chi connectivity index (χ0) is 11.2. The molecule has 0 saturated heterocycles. The second kappa shape index (κ2) is 5.64. The first-order valence-electron chi connectivity index (χ1n) is 4.07. The third kappa shape index (κ3) is 6.30. The predicted molar refractivity (Wildman–Crippen MR) is 50.6 cm³/mol. The number of hydrogen-bond donors (Lipinski definition) is 0. The molecule has 0 bridgehead atoms. The summed E-state index contributed by atoms with van der Waals surface area (Å²) in [5.74, 6) is -1.15. The summed E-state index contributed by atoms with van der Waals surface area (Å²) in [5, 5.41) is 0. The lowest BCUT2D eigenvalue weighted by molar-refractivity contribution is 0.299. The van der Waals surface area contributed by atoms with Crippen molar-refractivity contribution in [3.8, 4) is 0 Å². The minimum Gasteiger partial charge on any atom is -0.269 e. The van der Waals surface area contributed by atoms with Crippen molar-refractivity contribution >= 4 is 20.2 Å². The average molecular weight is 246 g/mol. The molecular weight excluding hydrogens is 232 g/mol. The summed E-state index contributed by atoms with van der Waals surface area (Å²) >= 11 is 0. The second-order valence-corrected chi connectivity index (χ2v) is 5.81. The van der Waals surface area contributed by atoms with Crippen LogP contribution in [0.4, 0.5) is 0 Å². The second-order valence-electron chi connectivity index (χ2n) is 2.46. The van der Waals surface area contributed by atoms with Crippen LogP contribution in [0.2, 0.25) is 0 Å². The minimum absolute atomic E-state index is 0.0421. The fourth-order valence-corrected chi connectivity index (χ4v) is 2.76. The highest BCUT2D eigenvalue weighted by Crippen LogP contribution is 2.01. The SMILES string of the molecule is CCCS(=O)(=O)OCS(=O)(=O)OCC. The first-order valence-corrected chi connectivity index (χ1v) is 7.22. The van der Waals surface area contributed by atoms with E-state index in [2.05, 4.69) is 8.37 Å². The van der Waals surface area contributed by atoms with Crippen LogP contribution in [0.5, 0.6) is 0 Å². The average Bonchev–Trinajstić information content (AvgIpc) is 2.01. The fourth-order valence-electron chi connectivity index (χ4n) is 0.655. The molecule has 6 nitrogen and oxygen atoms in total. The topological polar surface area (TPSA) is 86.7 Å². The zero-order valence-electron chi connectivity index (χ0n) is 8.09. The van der Waals surface area contributed by atoms with Crippen molar-refractivity contribution in [2.75, 3.05) is 18.3 Å². The van der Waals surface area contributed by atoms with Crippen LogP contribution in [-0.4, -0.2) is 35.1 Å². The molecule has 0 aliphatic heterocycles. The van der Waals surface area contributed by atoms with Crippen LogP contribution in [0.1, 0.15) is 20.3 Å². The molecule has 0 fully saturated rings. The van der Waals surface area contributed by atoms with Gasteiger partial charge in [0.1, 0.15) is 0 Å². The van der Waals surface area contributed by atoms with Gasteiger partial charge in [-0.15, -0.1) is 0 Å². The first-order chi connectivity index (χ1) is 6.33. The van der Waals surface area contributed by atoms with Gasteiger partial charge in [-0.05, 0) is 13.3 Å².